The van der Waals surface area contributed by atoms with Gasteiger partial charge in [0.15, 0.2) is 0 Å². The van der Waals surface area contributed by atoms with E-state index in [1.807, 2.05) is 27.7 Å². The highest BCUT2D eigenvalue weighted by atomic mass is 35.5. The summed E-state index contributed by atoms with van der Waals surface area (Å²) in [6, 6.07) is 12.6. The van der Waals surface area contributed by atoms with Crippen LogP contribution >= 0.6 is 11.6 Å². The number of urea groups is 1. The van der Waals surface area contributed by atoms with Crippen LogP contribution in [-0.2, 0) is 16.4 Å². The summed E-state index contributed by atoms with van der Waals surface area (Å²) >= 11 is 6.02. The van der Waals surface area contributed by atoms with Crippen LogP contribution in [0.5, 0.6) is 0 Å². The van der Waals surface area contributed by atoms with Gasteiger partial charge in [-0.05, 0) is 42.8 Å². The van der Waals surface area contributed by atoms with Crippen LogP contribution < -0.4 is 10.6 Å². The number of benzene rings is 2. The third-order valence-corrected chi connectivity index (χ3v) is 5.95. The van der Waals surface area contributed by atoms with Gasteiger partial charge in [0.25, 0.3) is 0 Å². The van der Waals surface area contributed by atoms with Crippen molar-refractivity contribution in [1.29, 1.82) is 0 Å². The number of carbonyl (C=O) groups is 2. The quantitative estimate of drug-likeness (QED) is 0.314. The number of hydrogen-bond acceptors (Lipinski definition) is 3. The van der Waals surface area contributed by atoms with Crippen molar-refractivity contribution in [2.45, 2.75) is 52.1 Å². The molecular formula is C27H31ClF3N5O2. The lowest BCUT2D eigenvalue weighted by atomic mass is 9.92. The van der Waals surface area contributed by atoms with Crippen molar-refractivity contribution >= 4 is 35.0 Å². The number of aromatic nitrogens is 2. The molecule has 11 heteroatoms. The van der Waals surface area contributed by atoms with Gasteiger partial charge in [-0.3, -0.25) is 4.79 Å². The molecule has 0 aliphatic rings. The van der Waals surface area contributed by atoms with E-state index in [1.165, 1.54) is 23.1 Å². The number of nitrogens with zero attached hydrogens (tertiary/aromatic N) is 3. The Morgan fingerprint density at radius 1 is 1.03 bits per heavy atom. The number of amides is 3. The van der Waals surface area contributed by atoms with Crippen LogP contribution in [0.3, 0.4) is 0 Å². The highest BCUT2D eigenvalue weighted by molar-refractivity contribution is 6.30. The molecule has 0 saturated carbocycles. The molecule has 0 bridgehead atoms. The molecule has 1 aromatic heterocycles. The molecule has 2 N–H and O–H groups in total. The second kappa shape index (κ2) is 11.9. The third kappa shape index (κ3) is 7.50. The third-order valence-electron chi connectivity index (χ3n) is 5.69. The fourth-order valence-corrected chi connectivity index (χ4v) is 3.73. The van der Waals surface area contributed by atoms with Gasteiger partial charge in [0.2, 0.25) is 5.91 Å². The summed E-state index contributed by atoms with van der Waals surface area (Å²) in [4.78, 5) is 27.3. The Kier molecular flexibility index (Phi) is 9.09. The summed E-state index contributed by atoms with van der Waals surface area (Å²) in [5.74, 6) is -0.128. The van der Waals surface area contributed by atoms with Crippen molar-refractivity contribution < 1.29 is 22.8 Å². The van der Waals surface area contributed by atoms with E-state index in [2.05, 4.69) is 15.7 Å². The maximum absolute atomic E-state index is 13.4. The highest BCUT2D eigenvalue weighted by Gasteiger charge is 2.34. The molecule has 3 aromatic rings. The maximum atomic E-state index is 13.4. The first-order valence-corrected chi connectivity index (χ1v) is 12.6. The maximum Gasteiger partial charge on any atom is 0.418 e. The summed E-state index contributed by atoms with van der Waals surface area (Å²) < 4.78 is 41.8. The zero-order valence-electron chi connectivity index (χ0n) is 21.7. The Morgan fingerprint density at radius 3 is 2.29 bits per heavy atom. The molecular weight excluding hydrogens is 519 g/mol. The van der Waals surface area contributed by atoms with Crippen LogP contribution in [0, 0.1) is 0 Å². The van der Waals surface area contributed by atoms with E-state index in [0.717, 1.165) is 18.2 Å². The fraction of sp³-hybridized carbons (Fsp3) is 0.370. The number of carbonyl (C=O) groups excluding carboxylic acids is 2. The molecule has 7 nitrogen and oxygen atoms in total. The van der Waals surface area contributed by atoms with Crippen LogP contribution in [0.25, 0.3) is 5.69 Å². The standard InChI is InChI=1S/C27H31ClF3N5O2/c1-5-6-15-35(25(38)32-21-10-8-7-9-20(21)27(29,30)31)17-24(37)33-23-16-22(26(2,3)4)34-36(23)19-13-11-18(28)12-14-19/h7-14,16H,5-6,15,17H2,1-4H3,(H,32,38)(H,33,37). The molecule has 0 aliphatic carbocycles. The summed E-state index contributed by atoms with van der Waals surface area (Å²) in [7, 11) is 0. The number of para-hydroxylation sites is 1. The Bertz CT molecular complexity index is 1270. The molecule has 2 aromatic carbocycles. The lowest BCUT2D eigenvalue weighted by Gasteiger charge is -2.23. The zero-order valence-corrected chi connectivity index (χ0v) is 22.5. The first-order chi connectivity index (χ1) is 17.8. The largest absolute Gasteiger partial charge is 0.418 e. The van der Waals surface area contributed by atoms with Crippen LogP contribution in [-0.4, -0.2) is 39.7 Å². The first-order valence-electron chi connectivity index (χ1n) is 12.2. The van der Waals surface area contributed by atoms with Crippen molar-refractivity contribution in [3.8, 4) is 5.69 Å². The molecule has 0 aliphatic heterocycles. The van der Waals surface area contributed by atoms with Gasteiger partial charge in [-0.1, -0.05) is 57.8 Å². The summed E-state index contributed by atoms with van der Waals surface area (Å²) in [6.45, 7) is 7.70. The topological polar surface area (TPSA) is 79.3 Å². The fourth-order valence-electron chi connectivity index (χ4n) is 3.61. The number of unbranched alkanes of at least 4 members (excludes halogenated alkanes) is 1. The SMILES string of the molecule is CCCCN(CC(=O)Nc1cc(C(C)(C)C)nn1-c1ccc(Cl)cc1)C(=O)Nc1ccccc1C(F)(F)F. The normalized spacial score (nSPS) is 11.8. The van der Waals surface area contributed by atoms with Gasteiger partial charge in [-0.25, -0.2) is 9.48 Å². The van der Waals surface area contributed by atoms with E-state index >= 15 is 0 Å². The van der Waals surface area contributed by atoms with E-state index < -0.39 is 23.7 Å². The Hall–Kier alpha value is -3.53. The van der Waals surface area contributed by atoms with Crippen LogP contribution in [0.1, 0.15) is 51.8 Å². The first kappa shape index (κ1) is 29.0. The number of alkyl halides is 3. The molecule has 0 radical (unpaired) electrons. The van der Waals surface area contributed by atoms with Gasteiger partial charge in [0.1, 0.15) is 12.4 Å². The minimum atomic E-state index is -4.64. The number of nitrogens with one attached hydrogen (secondary N) is 2. The van der Waals surface area contributed by atoms with E-state index in [0.29, 0.717) is 22.9 Å². The highest BCUT2D eigenvalue weighted by Crippen LogP contribution is 2.34. The molecule has 0 saturated heterocycles. The monoisotopic (exact) mass is 549 g/mol. The van der Waals surface area contributed by atoms with Crippen molar-refractivity contribution in [2.75, 3.05) is 23.7 Å². The average Bonchev–Trinajstić information content (AvgIpc) is 3.26. The summed E-state index contributed by atoms with van der Waals surface area (Å²) in [6.07, 6.45) is -3.35. The van der Waals surface area contributed by atoms with E-state index in [4.69, 9.17) is 11.6 Å². The molecule has 0 fully saturated rings. The van der Waals surface area contributed by atoms with Crippen molar-refractivity contribution in [3.63, 3.8) is 0 Å². The number of hydrogen-bond donors (Lipinski definition) is 2. The van der Waals surface area contributed by atoms with Crippen molar-refractivity contribution in [3.05, 3.63) is 70.9 Å². The Balaban J connectivity index is 1.83. The molecule has 3 amide bonds. The minimum absolute atomic E-state index is 0.188. The van der Waals surface area contributed by atoms with E-state index in [-0.39, 0.29) is 24.2 Å². The molecule has 0 atom stereocenters. The second-order valence-corrected chi connectivity index (χ2v) is 10.3. The van der Waals surface area contributed by atoms with Gasteiger partial charge in [-0.2, -0.15) is 18.3 Å². The zero-order chi connectivity index (χ0) is 28.1. The number of halogens is 4. The van der Waals surface area contributed by atoms with Crippen molar-refractivity contribution in [2.24, 2.45) is 0 Å². The predicted molar refractivity (Wildman–Crippen MR) is 143 cm³/mol. The second-order valence-electron chi connectivity index (χ2n) is 9.85. The molecule has 38 heavy (non-hydrogen) atoms. The molecule has 204 valence electrons. The van der Waals surface area contributed by atoms with Crippen LogP contribution in [0.4, 0.5) is 29.5 Å². The Morgan fingerprint density at radius 2 is 1.68 bits per heavy atom. The molecule has 1 heterocycles. The number of rotatable bonds is 8. The van der Waals surface area contributed by atoms with Gasteiger partial charge < -0.3 is 15.5 Å². The van der Waals surface area contributed by atoms with Gasteiger partial charge in [0.05, 0.1) is 22.6 Å². The smallest absolute Gasteiger partial charge is 0.315 e. The predicted octanol–water partition coefficient (Wildman–Crippen LogP) is 7.11. The lowest BCUT2D eigenvalue weighted by molar-refractivity contribution is -0.137. The molecule has 3 rings (SSSR count). The summed E-state index contributed by atoms with van der Waals surface area (Å²) in [5.41, 5.74) is -0.246. The molecule has 0 unspecified atom stereocenters. The average molecular weight is 550 g/mol. The summed E-state index contributed by atoms with van der Waals surface area (Å²) in [5, 5.41) is 10.3. The number of anilines is 2. The van der Waals surface area contributed by atoms with E-state index in [1.54, 1.807) is 35.0 Å². The Labute approximate surface area is 225 Å². The van der Waals surface area contributed by atoms with Crippen molar-refractivity contribution in [1.82, 2.24) is 14.7 Å². The van der Waals surface area contributed by atoms with Gasteiger partial charge in [0, 0.05) is 23.0 Å². The lowest BCUT2D eigenvalue weighted by Crippen LogP contribution is -2.41. The van der Waals surface area contributed by atoms with Crippen LogP contribution in [0.15, 0.2) is 54.6 Å². The van der Waals surface area contributed by atoms with E-state index in [9.17, 15) is 22.8 Å². The van der Waals surface area contributed by atoms with Gasteiger partial charge in [-0.15, -0.1) is 0 Å². The minimum Gasteiger partial charge on any atom is -0.315 e. The van der Waals surface area contributed by atoms with Crippen LogP contribution in [0.2, 0.25) is 5.02 Å². The van der Waals surface area contributed by atoms with Gasteiger partial charge >= 0.3 is 12.2 Å². The molecule has 0 spiro atoms.